The number of ether oxygens (including phenoxy) is 1. The van der Waals surface area contributed by atoms with E-state index >= 15 is 0 Å². The molecular weight excluding hydrogens is 359 g/mol. The first kappa shape index (κ1) is 19.4. The molecule has 144 valence electrons. The molecule has 0 bridgehead atoms. The number of esters is 1. The number of carbonyl (C=O) groups is 1. The summed E-state index contributed by atoms with van der Waals surface area (Å²) in [5.41, 5.74) is -1.93. The Kier molecular flexibility index (Phi) is 4.81. The molecule has 0 aliphatic carbocycles. The first-order valence-electron chi connectivity index (χ1n) is 8.50. The molecule has 0 saturated carbocycles. The Bertz CT molecular complexity index is 846. The minimum absolute atomic E-state index is 0.00767. The highest BCUT2D eigenvalue weighted by molar-refractivity contribution is 6.62. The third-order valence-corrected chi connectivity index (χ3v) is 4.86. The largest absolute Gasteiger partial charge is 0.500 e. The van der Waals surface area contributed by atoms with Crippen LogP contribution in [0.1, 0.15) is 45.1 Å². The summed E-state index contributed by atoms with van der Waals surface area (Å²) in [4.78, 5) is 11.9. The maximum absolute atomic E-state index is 14.8. The van der Waals surface area contributed by atoms with Crippen LogP contribution in [0.4, 0.5) is 8.78 Å². The number of halogens is 2. The van der Waals surface area contributed by atoms with Gasteiger partial charge in [0.05, 0.1) is 23.3 Å². The number of nitrogens with one attached hydrogen (secondary N) is 1. The molecule has 27 heavy (non-hydrogen) atoms. The molecule has 0 radical (unpaired) electrons. The zero-order valence-electron chi connectivity index (χ0n) is 15.7. The molecule has 1 aliphatic heterocycles. The summed E-state index contributed by atoms with van der Waals surface area (Å²) in [6.07, 6.45) is 0. The van der Waals surface area contributed by atoms with Gasteiger partial charge in [-0.05, 0) is 46.8 Å². The van der Waals surface area contributed by atoms with Crippen molar-refractivity contribution in [3.63, 3.8) is 0 Å². The van der Waals surface area contributed by atoms with Gasteiger partial charge in [0.15, 0.2) is 5.69 Å². The van der Waals surface area contributed by atoms with Crippen molar-refractivity contribution in [3.8, 4) is 11.3 Å². The minimum atomic E-state index is -1.19. The second kappa shape index (κ2) is 6.68. The van der Waals surface area contributed by atoms with Crippen molar-refractivity contribution in [2.45, 2.75) is 45.8 Å². The summed E-state index contributed by atoms with van der Waals surface area (Å²) in [6.45, 7) is 8.93. The predicted molar refractivity (Wildman–Crippen MR) is 93.4 cm³/mol. The Morgan fingerprint density at radius 3 is 2.22 bits per heavy atom. The van der Waals surface area contributed by atoms with Crippen LogP contribution in [0.25, 0.3) is 11.3 Å². The van der Waals surface area contributed by atoms with Crippen molar-refractivity contribution in [2.75, 3.05) is 6.61 Å². The summed E-state index contributed by atoms with van der Waals surface area (Å²) < 4.78 is 45.9. The quantitative estimate of drug-likeness (QED) is 0.648. The number of hydrogen-bond donors (Lipinski definition) is 1. The number of aromatic nitrogens is 3. The molecule has 0 unspecified atom stereocenters. The molecule has 1 aromatic carbocycles. The van der Waals surface area contributed by atoms with Crippen LogP contribution in [-0.2, 0) is 14.0 Å². The summed E-state index contributed by atoms with van der Waals surface area (Å²) in [5, 5.41) is 9.79. The van der Waals surface area contributed by atoms with E-state index in [0.717, 1.165) is 12.1 Å². The second-order valence-corrected chi connectivity index (χ2v) is 7.18. The van der Waals surface area contributed by atoms with E-state index < -0.39 is 35.9 Å². The number of nitrogens with zero attached hydrogens (tertiary/aromatic N) is 2. The molecule has 1 saturated heterocycles. The van der Waals surface area contributed by atoms with Gasteiger partial charge in [-0.3, -0.25) is 0 Å². The first-order chi connectivity index (χ1) is 12.6. The number of rotatable bonds is 4. The highest BCUT2D eigenvalue weighted by Crippen LogP contribution is 2.37. The van der Waals surface area contributed by atoms with E-state index in [1.807, 2.05) is 0 Å². The van der Waals surface area contributed by atoms with Crippen molar-refractivity contribution >= 4 is 18.6 Å². The molecule has 1 N–H and O–H groups in total. The van der Waals surface area contributed by atoms with Crippen LogP contribution in [0.5, 0.6) is 0 Å². The molecule has 2 aromatic rings. The summed E-state index contributed by atoms with van der Waals surface area (Å²) in [7, 11) is -1.19. The van der Waals surface area contributed by atoms with Gasteiger partial charge in [-0.15, -0.1) is 5.10 Å². The Labute approximate surface area is 155 Å². The highest BCUT2D eigenvalue weighted by Gasteiger charge is 2.53. The molecule has 1 fully saturated rings. The molecule has 2 heterocycles. The fourth-order valence-electron chi connectivity index (χ4n) is 2.68. The lowest BCUT2D eigenvalue weighted by Crippen LogP contribution is -2.41. The van der Waals surface area contributed by atoms with Gasteiger partial charge in [0.25, 0.3) is 0 Å². The van der Waals surface area contributed by atoms with E-state index in [2.05, 4.69) is 15.4 Å². The average molecular weight is 379 g/mol. The highest BCUT2D eigenvalue weighted by atomic mass is 19.1. The Balaban J connectivity index is 1.98. The van der Waals surface area contributed by atoms with Crippen LogP contribution in [0.2, 0.25) is 0 Å². The van der Waals surface area contributed by atoms with Gasteiger partial charge in [-0.25, -0.2) is 13.6 Å². The zero-order chi connectivity index (χ0) is 20.0. The predicted octanol–water partition coefficient (Wildman–Crippen LogP) is 2.23. The smallest absolute Gasteiger partial charge is 0.461 e. The van der Waals surface area contributed by atoms with Crippen molar-refractivity contribution in [1.29, 1.82) is 0 Å². The Morgan fingerprint density at radius 1 is 1.15 bits per heavy atom. The monoisotopic (exact) mass is 379 g/mol. The number of aromatic amines is 1. The average Bonchev–Trinajstić information content (AvgIpc) is 3.10. The van der Waals surface area contributed by atoms with E-state index in [9.17, 15) is 13.6 Å². The molecule has 7 nitrogen and oxygen atoms in total. The van der Waals surface area contributed by atoms with Crippen LogP contribution in [0.15, 0.2) is 12.1 Å². The molecule has 1 aliphatic rings. The number of carbonyl (C=O) groups excluding carboxylic acids is 1. The number of H-pyrrole nitrogens is 1. The van der Waals surface area contributed by atoms with Gasteiger partial charge in [-0.1, -0.05) is 0 Å². The lowest BCUT2D eigenvalue weighted by Gasteiger charge is -2.32. The third-order valence-electron chi connectivity index (χ3n) is 4.86. The lowest BCUT2D eigenvalue weighted by molar-refractivity contribution is 0.00578. The van der Waals surface area contributed by atoms with Crippen molar-refractivity contribution in [3.05, 3.63) is 29.5 Å². The summed E-state index contributed by atoms with van der Waals surface area (Å²) in [6, 6.07) is 2.12. The summed E-state index contributed by atoms with van der Waals surface area (Å²) in [5.74, 6) is -2.49. The SMILES string of the molecule is CCOC(=O)c1n[nH]nc1-c1cc(F)c(B2OC(C)(C)C(C)(C)O2)c(F)c1. The standard InChI is InChI=1S/C17H20BF2N3O4/c1-6-25-15(24)14-13(21-23-22-14)9-7-10(19)12(11(20)8-9)18-26-16(2,3)17(4,5)27-18/h7-8H,6H2,1-5H3,(H,21,22,23). The molecule has 3 rings (SSSR count). The normalized spacial score (nSPS) is 18.0. The van der Waals surface area contributed by atoms with Crippen LogP contribution in [0, 0.1) is 11.6 Å². The van der Waals surface area contributed by atoms with Gasteiger partial charge in [-0.2, -0.15) is 10.3 Å². The number of hydrogen-bond acceptors (Lipinski definition) is 6. The fourth-order valence-corrected chi connectivity index (χ4v) is 2.68. The van der Waals surface area contributed by atoms with Crippen molar-refractivity contribution in [2.24, 2.45) is 0 Å². The topological polar surface area (TPSA) is 86.3 Å². The minimum Gasteiger partial charge on any atom is -0.461 e. The van der Waals surface area contributed by atoms with E-state index in [1.54, 1.807) is 34.6 Å². The van der Waals surface area contributed by atoms with Crippen LogP contribution in [0.3, 0.4) is 0 Å². The zero-order valence-corrected chi connectivity index (χ0v) is 15.7. The maximum atomic E-state index is 14.8. The van der Waals surface area contributed by atoms with E-state index in [1.165, 1.54) is 0 Å². The molecular formula is C17H20BF2N3O4. The van der Waals surface area contributed by atoms with Gasteiger partial charge < -0.3 is 14.0 Å². The molecule has 10 heteroatoms. The van der Waals surface area contributed by atoms with Crippen LogP contribution in [-0.4, -0.2) is 46.3 Å². The third kappa shape index (κ3) is 3.34. The van der Waals surface area contributed by atoms with Crippen LogP contribution < -0.4 is 5.46 Å². The summed E-state index contributed by atoms with van der Waals surface area (Å²) >= 11 is 0. The van der Waals surface area contributed by atoms with E-state index in [4.69, 9.17) is 14.0 Å². The molecule has 0 spiro atoms. The van der Waals surface area contributed by atoms with Crippen LogP contribution >= 0.6 is 0 Å². The molecule has 1 aromatic heterocycles. The maximum Gasteiger partial charge on any atom is 0.500 e. The van der Waals surface area contributed by atoms with Gasteiger partial charge >= 0.3 is 13.1 Å². The van der Waals surface area contributed by atoms with Gasteiger partial charge in [0, 0.05) is 5.56 Å². The molecule has 0 atom stereocenters. The Hall–Kier alpha value is -2.33. The van der Waals surface area contributed by atoms with Gasteiger partial charge in [0.1, 0.15) is 17.3 Å². The van der Waals surface area contributed by atoms with Crippen molar-refractivity contribution in [1.82, 2.24) is 15.4 Å². The lowest BCUT2D eigenvalue weighted by atomic mass is 9.77. The first-order valence-corrected chi connectivity index (χ1v) is 8.50. The Morgan fingerprint density at radius 2 is 1.70 bits per heavy atom. The van der Waals surface area contributed by atoms with Gasteiger partial charge in [0.2, 0.25) is 0 Å². The van der Waals surface area contributed by atoms with Crippen molar-refractivity contribution < 1.29 is 27.6 Å². The molecule has 0 amide bonds. The second-order valence-electron chi connectivity index (χ2n) is 7.18. The van der Waals surface area contributed by atoms with E-state index in [0.29, 0.717) is 0 Å². The van der Waals surface area contributed by atoms with E-state index in [-0.39, 0.29) is 29.0 Å². The number of benzene rings is 1. The fraction of sp³-hybridized carbons (Fsp3) is 0.471.